The largest absolute Gasteiger partial charge is 0.491 e. The van der Waals surface area contributed by atoms with Crippen LogP contribution < -0.4 is 15.4 Å². The molecule has 4 nitrogen and oxygen atoms in total. The zero-order chi connectivity index (χ0) is 15.9. The maximum atomic E-state index is 11.9. The lowest BCUT2D eigenvalue weighted by atomic mass is 10.1. The summed E-state index contributed by atoms with van der Waals surface area (Å²) in [5.41, 5.74) is 3.04. The third-order valence-electron chi connectivity index (χ3n) is 3.33. The van der Waals surface area contributed by atoms with E-state index in [9.17, 15) is 4.79 Å². The third kappa shape index (κ3) is 4.49. The number of carbonyl (C=O) groups excluding carboxylic acids is 1. The number of anilines is 1. The quantitative estimate of drug-likeness (QED) is 0.780. The molecular weight excluding hydrogens is 344 g/mol. The number of carbonyl (C=O) groups is 1. The van der Waals surface area contributed by atoms with Crippen LogP contribution in [0.5, 0.6) is 5.75 Å². The maximum Gasteiger partial charge on any atom is 0.319 e. The molecule has 0 aromatic heterocycles. The maximum absolute atomic E-state index is 11.9. The number of nitrogens with one attached hydrogen (secondary N) is 2. The summed E-state index contributed by atoms with van der Waals surface area (Å²) in [4.78, 5) is 11.9. The van der Waals surface area contributed by atoms with E-state index in [1.165, 1.54) is 0 Å². The van der Waals surface area contributed by atoms with Gasteiger partial charge in [-0.15, -0.1) is 0 Å². The molecule has 0 spiro atoms. The van der Waals surface area contributed by atoms with Crippen molar-refractivity contribution in [2.24, 2.45) is 0 Å². The second kappa shape index (κ2) is 7.84. The van der Waals surface area contributed by atoms with Crippen molar-refractivity contribution in [2.45, 2.75) is 13.8 Å². The van der Waals surface area contributed by atoms with Crippen LogP contribution in [0.15, 0.2) is 46.9 Å². The molecule has 2 aromatic carbocycles. The summed E-state index contributed by atoms with van der Waals surface area (Å²) in [7, 11) is 0. The number of para-hydroxylation sites is 1. The molecule has 0 unspecified atom stereocenters. The van der Waals surface area contributed by atoms with E-state index in [4.69, 9.17) is 4.74 Å². The van der Waals surface area contributed by atoms with E-state index in [0.29, 0.717) is 13.2 Å². The fourth-order valence-electron chi connectivity index (χ4n) is 1.94. The molecular formula is C17H19BrN2O2. The normalized spacial score (nSPS) is 10.1. The Morgan fingerprint density at radius 3 is 2.68 bits per heavy atom. The molecule has 0 saturated carbocycles. The van der Waals surface area contributed by atoms with E-state index in [1.807, 2.05) is 56.3 Å². The van der Waals surface area contributed by atoms with Gasteiger partial charge in [-0.1, -0.05) is 24.3 Å². The van der Waals surface area contributed by atoms with Gasteiger partial charge in [0.25, 0.3) is 0 Å². The molecule has 116 valence electrons. The molecule has 22 heavy (non-hydrogen) atoms. The first-order chi connectivity index (χ1) is 10.6. The Morgan fingerprint density at radius 1 is 1.14 bits per heavy atom. The molecule has 2 N–H and O–H groups in total. The molecule has 0 fully saturated rings. The molecule has 0 atom stereocenters. The summed E-state index contributed by atoms with van der Waals surface area (Å²) in [5, 5.41) is 5.62. The number of rotatable bonds is 5. The van der Waals surface area contributed by atoms with Gasteiger partial charge in [0.1, 0.15) is 12.4 Å². The van der Waals surface area contributed by atoms with Crippen molar-refractivity contribution in [3.8, 4) is 5.75 Å². The van der Waals surface area contributed by atoms with Crippen molar-refractivity contribution in [3.05, 3.63) is 58.1 Å². The summed E-state index contributed by atoms with van der Waals surface area (Å²) >= 11 is 3.41. The monoisotopic (exact) mass is 362 g/mol. The second-order valence-electron chi connectivity index (χ2n) is 4.91. The van der Waals surface area contributed by atoms with E-state index < -0.39 is 0 Å². The van der Waals surface area contributed by atoms with Crippen LogP contribution in [-0.2, 0) is 0 Å². The second-order valence-corrected chi connectivity index (χ2v) is 5.76. The lowest BCUT2D eigenvalue weighted by molar-refractivity contribution is 0.247. The number of aryl methyl sites for hydroxylation is 1. The van der Waals surface area contributed by atoms with Crippen molar-refractivity contribution < 1.29 is 9.53 Å². The average Bonchev–Trinajstić information content (AvgIpc) is 2.50. The Kier molecular flexibility index (Phi) is 5.83. The highest BCUT2D eigenvalue weighted by Crippen LogP contribution is 2.23. The summed E-state index contributed by atoms with van der Waals surface area (Å²) < 4.78 is 6.49. The number of hydrogen-bond donors (Lipinski definition) is 2. The van der Waals surface area contributed by atoms with E-state index in [-0.39, 0.29) is 6.03 Å². The zero-order valence-electron chi connectivity index (χ0n) is 12.7. The van der Waals surface area contributed by atoms with E-state index in [0.717, 1.165) is 27.0 Å². The van der Waals surface area contributed by atoms with Crippen molar-refractivity contribution in [1.82, 2.24) is 5.32 Å². The van der Waals surface area contributed by atoms with Gasteiger partial charge in [0, 0.05) is 5.69 Å². The van der Waals surface area contributed by atoms with Crippen molar-refractivity contribution in [3.63, 3.8) is 0 Å². The molecule has 2 rings (SSSR count). The average molecular weight is 363 g/mol. The highest BCUT2D eigenvalue weighted by atomic mass is 79.9. The minimum Gasteiger partial charge on any atom is -0.491 e. The van der Waals surface area contributed by atoms with Crippen LogP contribution in [0, 0.1) is 13.8 Å². The number of halogens is 1. The van der Waals surface area contributed by atoms with Gasteiger partial charge in [0.05, 0.1) is 11.0 Å². The summed E-state index contributed by atoms with van der Waals surface area (Å²) in [6, 6.07) is 13.2. The van der Waals surface area contributed by atoms with Crippen LogP contribution in [0.1, 0.15) is 11.1 Å². The van der Waals surface area contributed by atoms with E-state index in [2.05, 4.69) is 26.6 Å². The molecule has 0 aliphatic heterocycles. The van der Waals surface area contributed by atoms with Crippen LogP contribution in [0.25, 0.3) is 0 Å². The molecule has 5 heteroatoms. The van der Waals surface area contributed by atoms with Crippen LogP contribution in [0.4, 0.5) is 10.5 Å². The first-order valence-corrected chi connectivity index (χ1v) is 7.85. The van der Waals surface area contributed by atoms with Gasteiger partial charge in [-0.3, -0.25) is 0 Å². The Bertz CT molecular complexity index is 659. The number of amides is 2. The Balaban J connectivity index is 1.76. The first-order valence-electron chi connectivity index (χ1n) is 7.06. The van der Waals surface area contributed by atoms with Gasteiger partial charge in [0.2, 0.25) is 0 Å². The van der Waals surface area contributed by atoms with Crippen LogP contribution in [-0.4, -0.2) is 19.2 Å². The predicted octanol–water partition coefficient (Wildman–Crippen LogP) is 4.27. The van der Waals surface area contributed by atoms with Crippen molar-refractivity contribution >= 4 is 27.6 Å². The van der Waals surface area contributed by atoms with Gasteiger partial charge < -0.3 is 15.4 Å². The Hall–Kier alpha value is -2.01. The molecule has 2 amide bonds. The zero-order valence-corrected chi connectivity index (χ0v) is 14.2. The molecule has 0 radical (unpaired) electrons. The minimum atomic E-state index is -0.232. The topological polar surface area (TPSA) is 50.4 Å². The van der Waals surface area contributed by atoms with Crippen molar-refractivity contribution in [2.75, 3.05) is 18.5 Å². The number of urea groups is 1. The van der Waals surface area contributed by atoms with Crippen molar-refractivity contribution in [1.29, 1.82) is 0 Å². The standard InChI is InChI=1S/C17H19BrN2O2/c1-12-6-5-8-15(13(12)2)20-17(21)19-10-11-22-16-9-4-3-7-14(16)18/h3-9H,10-11H2,1-2H3,(H2,19,20,21). The Labute approximate surface area is 139 Å². The van der Waals surface area contributed by atoms with Gasteiger partial charge in [-0.25, -0.2) is 4.79 Å². The number of benzene rings is 2. The smallest absolute Gasteiger partial charge is 0.319 e. The summed E-state index contributed by atoms with van der Waals surface area (Å²) in [5.74, 6) is 0.763. The number of ether oxygens (including phenoxy) is 1. The van der Waals surface area contributed by atoms with Gasteiger partial charge >= 0.3 is 6.03 Å². The lowest BCUT2D eigenvalue weighted by Gasteiger charge is -2.12. The van der Waals surface area contributed by atoms with Crippen LogP contribution in [0.2, 0.25) is 0 Å². The minimum absolute atomic E-state index is 0.232. The molecule has 0 aliphatic carbocycles. The van der Waals surface area contributed by atoms with E-state index >= 15 is 0 Å². The molecule has 0 heterocycles. The molecule has 2 aromatic rings. The third-order valence-corrected chi connectivity index (χ3v) is 3.99. The predicted molar refractivity (Wildman–Crippen MR) is 92.6 cm³/mol. The number of hydrogen-bond acceptors (Lipinski definition) is 2. The van der Waals surface area contributed by atoms with Crippen LogP contribution in [0.3, 0.4) is 0 Å². The fourth-order valence-corrected chi connectivity index (χ4v) is 2.34. The first kappa shape index (κ1) is 16.4. The lowest BCUT2D eigenvalue weighted by Crippen LogP contribution is -2.32. The highest BCUT2D eigenvalue weighted by molar-refractivity contribution is 9.10. The highest BCUT2D eigenvalue weighted by Gasteiger charge is 2.05. The molecule has 0 aliphatic rings. The van der Waals surface area contributed by atoms with Gasteiger partial charge in [-0.2, -0.15) is 0 Å². The molecule has 0 saturated heterocycles. The fraction of sp³-hybridized carbons (Fsp3) is 0.235. The van der Waals surface area contributed by atoms with E-state index in [1.54, 1.807) is 0 Å². The summed E-state index contributed by atoms with van der Waals surface area (Å²) in [6.45, 7) is 4.84. The molecule has 0 bridgehead atoms. The Morgan fingerprint density at radius 2 is 1.91 bits per heavy atom. The summed E-state index contributed by atoms with van der Waals surface area (Å²) in [6.07, 6.45) is 0. The SMILES string of the molecule is Cc1cccc(NC(=O)NCCOc2ccccc2Br)c1C. The van der Waals surface area contributed by atoms with Gasteiger partial charge in [-0.05, 0) is 59.1 Å². The van der Waals surface area contributed by atoms with Crippen LogP contribution >= 0.6 is 15.9 Å². The van der Waals surface area contributed by atoms with Gasteiger partial charge in [0.15, 0.2) is 0 Å².